The van der Waals surface area contributed by atoms with E-state index in [4.69, 9.17) is 20.7 Å². The van der Waals surface area contributed by atoms with Gasteiger partial charge in [0.15, 0.2) is 17.0 Å². The Kier molecular flexibility index (Phi) is 8.20. The van der Waals surface area contributed by atoms with Crippen LogP contribution in [0.1, 0.15) is 70.3 Å². The SMILES string of the molecule is NC1CCC(Nc2nc(NC3CCN(C(=O)CSc4ccccc4)CC3)c3ncn(C4CCCC4)c3n2)CC1. The predicted octanol–water partition coefficient (Wildman–Crippen LogP) is 4.82. The Hall–Kier alpha value is -2.85. The van der Waals surface area contributed by atoms with Crippen LogP contribution in [-0.2, 0) is 4.79 Å². The van der Waals surface area contributed by atoms with Crippen molar-refractivity contribution in [2.24, 2.45) is 5.73 Å². The summed E-state index contributed by atoms with van der Waals surface area (Å²) in [5.41, 5.74) is 7.89. The number of rotatable bonds is 8. The molecule has 1 aliphatic heterocycles. The number of nitrogens with two attached hydrogens (primary N) is 1. The molecule has 4 N–H and O–H groups in total. The second-order valence-corrected chi connectivity index (χ2v) is 12.4. The van der Waals surface area contributed by atoms with Crippen LogP contribution < -0.4 is 16.4 Å². The third-order valence-corrected chi connectivity index (χ3v) is 9.54. The maximum Gasteiger partial charge on any atom is 0.232 e. The van der Waals surface area contributed by atoms with Crippen LogP contribution >= 0.6 is 11.8 Å². The van der Waals surface area contributed by atoms with E-state index in [1.54, 1.807) is 11.8 Å². The first kappa shape index (κ1) is 26.4. The lowest BCUT2D eigenvalue weighted by molar-refractivity contribution is -0.129. The number of nitrogens with zero attached hydrogens (tertiary/aromatic N) is 5. The Morgan fingerprint density at radius 3 is 2.38 bits per heavy atom. The summed E-state index contributed by atoms with van der Waals surface area (Å²) in [4.78, 5) is 30.7. The number of benzene rings is 1. The Morgan fingerprint density at radius 1 is 0.923 bits per heavy atom. The number of hydrogen-bond acceptors (Lipinski definition) is 8. The molecular weight excluding hydrogens is 508 g/mol. The van der Waals surface area contributed by atoms with E-state index in [-0.39, 0.29) is 11.9 Å². The summed E-state index contributed by atoms with van der Waals surface area (Å²) in [6.07, 6.45) is 12.8. The van der Waals surface area contributed by atoms with Gasteiger partial charge in [-0.3, -0.25) is 4.79 Å². The van der Waals surface area contributed by atoms with E-state index in [0.717, 1.165) is 73.5 Å². The van der Waals surface area contributed by atoms with E-state index < -0.39 is 0 Å². The van der Waals surface area contributed by atoms with Gasteiger partial charge in [0.2, 0.25) is 11.9 Å². The largest absolute Gasteiger partial charge is 0.365 e. The molecule has 6 rings (SSSR count). The fourth-order valence-corrected chi connectivity index (χ4v) is 7.02. The van der Waals surface area contributed by atoms with Crippen molar-refractivity contribution in [3.63, 3.8) is 0 Å². The lowest BCUT2D eigenvalue weighted by atomic mass is 9.92. The van der Waals surface area contributed by atoms with E-state index >= 15 is 0 Å². The van der Waals surface area contributed by atoms with Gasteiger partial charge in [0, 0.05) is 42.2 Å². The number of nitrogens with one attached hydrogen (secondary N) is 2. The van der Waals surface area contributed by atoms with Crippen LogP contribution in [0.2, 0.25) is 0 Å². The molecule has 0 atom stereocenters. The van der Waals surface area contributed by atoms with Crippen LogP contribution in [0.4, 0.5) is 11.8 Å². The van der Waals surface area contributed by atoms with Crippen molar-refractivity contribution in [1.82, 2.24) is 24.4 Å². The second kappa shape index (κ2) is 12.1. The highest BCUT2D eigenvalue weighted by atomic mass is 32.2. The van der Waals surface area contributed by atoms with Crippen molar-refractivity contribution in [3.8, 4) is 0 Å². The Balaban J connectivity index is 1.13. The van der Waals surface area contributed by atoms with Crippen molar-refractivity contribution >= 4 is 40.6 Å². The molecule has 3 aliphatic rings. The molecule has 0 spiro atoms. The molecule has 10 heteroatoms. The number of fused-ring (bicyclic) bond motifs is 1. The number of carbonyl (C=O) groups is 1. The van der Waals surface area contributed by atoms with Gasteiger partial charge in [-0.2, -0.15) is 9.97 Å². The van der Waals surface area contributed by atoms with Gasteiger partial charge < -0.3 is 25.8 Å². The average Bonchev–Trinajstić information content (AvgIpc) is 3.64. The first-order chi connectivity index (χ1) is 19.1. The quantitative estimate of drug-likeness (QED) is 0.344. The average molecular weight is 549 g/mol. The molecule has 2 aromatic heterocycles. The number of likely N-dealkylation sites (tertiary alicyclic amines) is 1. The molecule has 2 aliphatic carbocycles. The number of hydrogen-bond donors (Lipinski definition) is 3. The summed E-state index contributed by atoms with van der Waals surface area (Å²) in [6.45, 7) is 1.51. The lowest BCUT2D eigenvalue weighted by Gasteiger charge is -2.33. The summed E-state index contributed by atoms with van der Waals surface area (Å²) in [5.74, 6) is 2.17. The molecule has 1 aromatic carbocycles. The number of piperidine rings is 1. The van der Waals surface area contributed by atoms with Gasteiger partial charge in [-0.15, -0.1) is 11.8 Å². The molecular formula is C29H40N8OS. The zero-order valence-electron chi connectivity index (χ0n) is 22.6. The third kappa shape index (κ3) is 6.32. The highest BCUT2D eigenvalue weighted by molar-refractivity contribution is 8.00. The van der Waals surface area contributed by atoms with Crippen LogP contribution in [0.5, 0.6) is 0 Å². The van der Waals surface area contributed by atoms with E-state index in [1.165, 1.54) is 25.7 Å². The first-order valence-corrected chi connectivity index (χ1v) is 15.6. The summed E-state index contributed by atoms with van der Waals surface area (Å²) in [5, 5.41) is 7.31. The van der Waals surface area contributed by atoms with Crippen molar-refractivity contribution in [2.75, 3.05) is 29.5 Å². The molecule has 0 radical (unpaired) electrons. The zero-order chi connectivity index (χ0) is 26.6. The summed E-state index contributed by atoms with van der Waals surface area (Å²) in [6, 6.07) is 11.5. The number of imidazole rings is 1. The van der Waals surface area contributed by atoms with E-state index in [9.17, 15) is 4.79 Å². The number of thioether (sulfide) groups is 1. The van der Waals surface area contributed by atoms with Gasteiger partial charge in [0.05, 0.1) is 12.1 Å². The van der Waals surface area contributed by atoms with E-state index in [1.807, 2.05) is 29.4 Å². The zero-order valence-corrected chi connectivity index (χ0v) is 23.4. The monoisotopic (exact) mass is 548 g/mol. The molecule has 208 valence electrons. The fourth-order valence-electron chi connectivity index (χ4n) is 6.20. The Labute approximate surface area is 234 Å². The number of carbonyl (C=O) groups excluding carboxylic acids is 1. The van der Waals surface area contributed by atoms with Gasteiger partial charge >= 0.3 is 0 Å². The van der Waals surface area contributed by atoms with E-state index in [0.29, 0.717) is 29.8 Å². The lowest BCUT2D eigenvalue weighted by Crippen LogP contribution is -2.43. The van der Waals surface area contributed by atoms with Crippen LogP contribution in [-0.4, -0.2) is 67.3 Å². The van der Waals surface area contributed by atoms with Crippen LogP contribution in [0.15, 0.2) is 41.6 Å². The van der Waals surface area contributed by atoms with Gasteiger partial charge in [0.25, 0.3) is 0 Å². The summed E-state index contributed by atoms with van der Waals surface area (Å²) >= 11 is 1.61. The highest BCUT2D eigenvalue weighted by Gasteiger charge is 2.27. The molecule has 1 amide bonds. The molecule has 39 heavy (non-hydrogen) atoms. The molecule has 1 saturated heterocycles. The van der Waals surface area contributed by atoms with Gasteiger partial charge in [-0.25, -0.2) is 4.98 Å². The molecule has 0 bridgehead atoms. The van der Waals surface area contributed by atoms with Crippen LogP contribution in [0.25, 0.3) is 11.2 Å². The van der Waals surface area contributed by atoms with Gasteiger partial charge in [0.1, 0.15) is 0 Å². The predicted molar refractivity (Wildman–Crippen MR) is 157 cm³/mol. The topological polar surface area (TPSA) is 114 Å². The van der Waals surface area contributed by atoms with Crippen molar-refractivity contribution in [2.45, 2.75) is 93.3 Å². The van der Waals surface area contributed by atoms with Crippen LogP contribution in [0, 0.1) is 0 Å². The van der Waals surface area contributed by atoms with Crippen molar-refractivity contribution < 1.29 is 4.79 Å². The highest BCUT2D eigenvalue weighted by Crippen LogP contribution is 2.34. The number of aromatic nitrogens is 4. The van der Waals surface area contributed by atoms with Gasteiger partial charge in [-0.1, -0.05) is 31.0 Å². The van der Waals surface area contributed by atoms with Crippen molar-refractivity contribution in [1.29, 1.82) is 0 Å². The Bertz CT molecular complexity index is 1240. The minimum atomic E-state index is 0.209. The normalized spacial score (nSPS) is 22.8. The molecule has 2 saturated carbocycles. The minimum absolute atomic E-state index is 0.209. The summed E-state index contributed by atoms with van der Waals surface area (Å²) in [7, 11) is 0. The second-order valence-electron chi connectivity index (χ2n) is 11.3. The molecule has 3 aromatic rings. The fraction of sp³-hybridized carbons (Fsp3) is 0.586. The summed E-state index contributed by atoms with van der Waals surface area (Å²) < 4.78 is 2.27. The maximum atomic E-state index is 12.8. The molecule has 3 fully saturated rings. The molecule has 3 heterocycles. The van der Waals surface area contributed by atoms with E-state index in [2.05, 4.69) is 27.3 Å². The first-order valence-electron chi connectivity index (χ1n) is 14.6. The molecule has 0 unspecified atom stereocenters. The van der Waals surface area contributed by atoms with Crippen molar-refractivity contribution in [3.05, 3.63) is 36.7 Å². The molecule has 9 nitrogen and oxygen atoms in total. The standard InChI is InChI=1S/C29H40N8OS/c30-20-10-12-21(13-11-20)33-29-34-27(26-28(35-29)37(19-31-26)23-6-4-5-7-23)32-22-14-16-36(17-15-22)25(38)18-39-24-8-2-1-3-9-24/h1-3,8-9,19-23H,4-7,10-18,30H2,(H2,32,33,34,35). The Morgan fingerprint density at radius 2 is 1.64 bits per heavy atom. The maximum absolute atomic E-state index is 12.8. The third-order valence-electron chi connectivity index (χ3n) is 8.54. The smallest absolute Gasteiger partial charge is 0.232 e. The number of anilines is 2. The van der Waals surface area contributed by atoms with Crippen LogP contribution in [0.3, 0.4) is 0 Å². The number of amides is 1. The minimum Gasteiger partial charge on any atom is -0.365 e. The van der Waals surface area contributed by atoms with Gasteiger partial charge in [-0.05, 0) is 63.5 Å².